The molecule has 7 nitrogen and oxygen atoms in total. The second-order valence-electron chi connectivity index (χ2n) is 7.65. The summed E-state index contributed by atoms with van der Waals surface area (Å²) in [6.45, 7) is 1.46. The molecule has 3 rings (SSSR count). The van der Waals surface area contributed by atoms with Crippen molar-refractivity contribution < 1.29 is 28.2 Å². The molecule has 2 amide bonds. The highest BCUT2D eigenvalue weighted by Gasteiger charge is 2.42. The number of hydrogen-bond acceptors (Lipinski definition) is 5. The van der Waals surface area contributed by atoms with Gasteiger partial charge in [-0.3, -0.25) is 9.59 Å². The minimum Gasteiger partial charge on any atom is -0.497 e. The van der Waals surface area contributed by atoms with E-state index in [-0.39, 0.29) is 30.5 Å². The van der Waals surface area contributed by atoms with Crippen LogP contribution in [0.25, 0.3) is 0 Å². The first-order valence-electron chi connectivity index (χ1n) is 10.5. The maximum atomic E-state index is 14.2. The summed E-state index contributed by atoms with van der Waals surface area (Å²) in [5, 5.41) is 2.93. The Kier molecular flexibility index (Phi) is 8.05. The lowest BCUT2D eigenvalue weighted by atomic mass is 9.87. The Balaban J connectivity index is 1.88. The highest BCUT2D eigenvalue weighted by molar-refractivity contribution is 5.95. The smallest absolute Gasteiger partial charge is 0.256 e. The number of rotatable bonds is 9. The van der Waals surface area contributed by atoms with Crippen LogP contribution < -0.4 is 14.8 Å². The van der Waals surface area contributed by atoms with Crippen molar-refractivity contribution in [2.24, 2.45) is 5.92 Å². The van der Waals surface area contributed by atoms with Crippen molar-refractivity contribution in [3.63, 3.8) is 0 Å². The Bertz CT molecular complexity index is 952. The number of likely N-dealkylation sites (tertiary alicyclic amines) is 1. The number of carbonyl (C=O) groups is 2. The van der Waals surface area contributed by atoms with E-state index in [9.17, 15) is 14.0 Å². The summed E-state index contributed by atoms with van der Waals surface area (Å²) in [6, 6.07) is 11.3. The summed E-state index contributed by atoms with van der Waals surface area (Å²) in [5.74, 6) is -0.786. The summed E-state index contributed by atoms with van der Waals surface area (Å²) in [5.41, 5.74) is 0.795. The second-order valence-corrected chi connectivity index (χ2v) is 7.65. The van der Waals surface area contributed by atoms with Gasteiger partial charge in [0.15, 0.2) is 0 Å². The third-order valence-electron chi connectivity index (χ3n) is 5.71. The minimum absolute atomic E-state index is 0.00546. The van der Waals surface area contributed by atoms with E-state index in [1.807, 2.05) is 6.07 Å². The fourth-order valence-corrected chi connectivity index (χ4v) is 4.04. The normalized spacial score (nSPS) is 17.8. The molecule has 1 aliphatic rings. The van der Waals surface area contributed by atoms with Crippen LogP contribution in [0.5, 0.6) is 11.5 Å². The standard InChI is InChI=1S/C24H29FN2O5/c1-30-12-6-11-26-23(28)20-15-27(24(29)18-7-4-5-8-21(18)25)14-19(20)17-10-9-16(31-2)13-22(17)32-3/h4-5,7-10,13,19-20H,6,11-12,14-15H2,1-3H3,(H,26,28)/t19-,20-/m0/s1. The fraction of sp³-hybridized carbons (Fsp3) is 0.417. The molecule has 1 heterocycles. The third-order valence-corrected chi connectivity index (χ3v) is 5.71. The van der Waals surface area contributed by atoms with Gasteiger partial charge in [0.05, 0.1) is 25.7 Å². The van der Waals surface area contributed by atoms with E-state index in [2.05, 4.69) is 5.32 Å². The van der Waals surface area contributed by atoms with Crippen LogP contribution >= 0.6 is 0 Å². The van der Waals surface area contributed by atoms with Gasteiger partial charge in [-0.05, 0) is 24.6 Å². The van der Waals surface area contributed by atoms with Crippen LogP contribution in [0.15, 0.2) is 42.5 Å². The maximum absolute atomic E-state index is 14.2. The summed E-state index contributed by atoms with van der Waals surface area (Å²) in [7, 11) is 4.72. The lowest BCUT2D eigenvalue weighted by Gasteiger charge is -2.21. The third kappa shape index (κ3) is 5.19. The molecule has 0 saturated carbocycles. The van der Waals surface area contributed by atoms with Gasteiger partial charge in [-0.25, -0.2) is 4.39 Å². The topological polar surface area (TPSA) is 77.1 Å². The number of carbonyl (C=O) groups excluding carboxylic acids is 2. The SMILES string of the molecule is COCCCNC(=O)[C@H]1CN(C(=O)c2ccccc2F)C[C@H]1c1ccc(OC)cc1OC. The zero-order valence-corrected chi connectivity index (χ0v) is 18.6. The van der Waals surface area contributed by atoms with Gasteiger partial charge in [-0.1, -0.05) is 18.2 Å². The van der Waals surface area contributed by atoms with Gasteiger partial charge in [0.2, 0.25) is 5.91 Å². The molecular formula is C24H29FN2O5. The largest absolute Gasteiger partial charge is 0.497 e. The zero-order valence-electron chi connectivity index (χ0n) is 18.6. The average molecular weight is 445 g/mol. The predicted octanol–water partition coefficient (Wildman–Crippen LogP) is 2.85. The molecule has 2 aromatic rings. The number of nitrogens with one attached hydrogen (secondary N) is 1. The molecule has 0 spiro atoms. The number of benzene rings is 2. The molecule has 1 saturated heterocycles. The Morgan fingerprint density at radius 1 is 1.09 bits per heavy atom. The Labute approximate surface area is 187 Å². The number of methoxy groups -OCH3 is 3. The molecule has 0 aromatic heterocycles. The first kappa shape index (κ1) is 23.5. The summed E-state index contributed by atoms with van der Waals surface area (Å²) in [6.07, 6.45) is 0.684. The molecular weight excluding hydrogens is 415 g/mol. The van der Waals surface area contributed by atoms with Crippen molar-refractivity contribution in [2.75, 3.05) is 47.6 Å². The molecule has 2 aromatic carbocycles. The predicted molar refractivity (Wildman–Crippen MR) is 118 cm³/mol. The fourth-order valence-electron chi connectivity index (χ4n) is 4.04. The maximum Gasteiger partial charge on any atom is 0.256 e. The molecule has 8 heteroatoms. The number of amides is 2. The summed E-state index contributed by atoms with van der Waals surface area (Å²) in [4.78, 5) is 27.6. The molecule has 2 atom stereocenters. The van der Waals surface area contributed by atoms with Crippen LogP contribution in [0.3, 0.4) is 0 Å². The van der Waals surface area contributed by atoms with Gasteiger partial charge in [0.1, 0.15) is 17.3 Å². The van der Waals surface area contributed by atoms with Crippen LogP contribution in [-0.4, -0.2) is 64.3 Å². The van der Waals surface area contributed by atoms with Gasteiger partial charge < -0.3 is 24.4 Å². The van der Waals surface area contributed by atoms with Crippen molar-refractivity contribution in [1.29, 1.82) is 0 Å². The molecule has 0 unspecified atom stereocenters. The molecule has 0 aliphatic carbocycles. The van der Waals surface area contributed by atoms with Gasteiger partial charge in [-0.2, -0.15) is 0 Å². The van der Waals surface area contributed by atoms with Crippen molar-refractivity contribution in [3.8, 4) is 11.5 Å². The lowest BCUT2D eigenvalue weighted by Crippen LogP contribution is -2.36. The highest BCUT2D eigenvalue weighted by Crippen LogP contribution is 2.39. The number of halogens is 1. The van der Waals surface area contributed by atoms with E-state index in [1.165, 1.54) is 23.1 Å². The molecule has 1 fully saturated rings. The Morgan fingerprint density at radius 2 is 1.88 bits per heavy atom. The van der Waals surface area contributed by atoms with Crippen LogP contribution in [0, 0.1) is 11.7 Å². The van der Waals surface area contributed by atoms with Crippen LogP contribution in [0.1, 0.15) is 28.3 Å². The minimum atomic E-state index is -0.580. The van der Waals surface area contributed by atoms with E-state index in [4.69, 9.17) is 14.2 Å². The first-order chi connectivity index (χ1) is 15.5. The van der Waals surface area contributed by atoms with Gasteiger partial charge in [0, 0.05) is 50.9 Å². The van der Waals surface area contributed by atoms with Crippen molar-refractivity contribution >= 4 is 11.8 Å². The van der Waals surface area contributed by atoms with E-state index in [0.717, 1.165) is 5.56 Å². The number of ether oxygens (including phenoxy) is 3. The Morgan fingerprint density at radius 3 is 2.56 bits per heavy atom. The van der Waals surface area contributed by atoms with Crippen molar-refractivity contribution in [1.82, 2.24) is 10.2 Å². The molecule has 0 bridgehead atoms. The quantitative estimate of drug-likeness (QED) is 0.602. The second kappa shape index (κ2) is 10.9. The molecule has 172 valence electrons. The van der Waals surface area contributed by atoms with Gasteiger partial charge >= 0.3 is 0 Å². The van der Waals surface area contributed by atoms with Gasteiger partial charge in [0.25, 0.3) is 5.91 Å². The van der Waals surface area contributed by atoms with Crippen LogP contribution in [0.4, 0.5) is 4.39 Å². The monoisotopic (exact) mass is 444 g/mol. The van der Waals surface area contributed by atoms with Gasteiger partial charge in [-0.15, -0.1) is 0 Å². The highest BCUT2D eigenvalue weighted by atomic mass is 19.1. The summed E-state index contributed by atoms with van der Waals surface area (Å²) >= 11 is 0. The van der Waals surface area contributed by atoms with Crippen molar-refractivity contribution in [2.45, 2.75) is 12.3 Å². The van der Waals surface area contributed by atoms with Crippen LogP contribution in [0.2, 0.25) is 0 Å². The van der Waals surface area contributed by atoms with E-state index < -0.39 is 17.6 Å². The molecule has 1 N–H and O–H groups in total. The van der Waals surface area contributed by atoms with E-state index in [0.29, 0.717) is 31.1 Å². The first-order valence-corrected chi connectivity index (χ1v) is 10.5. The summed E-state index contributed by atoms with van der Waals surface area (Å²) < 4.78 is 30.1. The molecule has 1 aliphatic heterocycles. The van der Waals surface area contributed by atoms with E-state index >= 15 is 0 Å². The van der Waals surface area contributed by atoms with Crippen molar-refractivity contribution in [3.05, 3.63) is 59.4 Å². The number of hydrogen-bond donors (Lipinski definition) is 1. The molecule has 0 radical (unpaired) electrons. The van der Waals surface area contributed by atoms with Crippen LogP contribution in [-0.2, 0) is 9.53 Å². The zero-order chi connectivity index (χ0) is 23.1. The average Bonchev–Trinajstić information content (AvgIpc) is 3.26. The Hall–Kier alpha value is -3.13. The number of nitrogens with zero attached hydrogens (tertiary/aromatic N) is 1. The lowest BCUT2D eigenvalue weighted by molar-refractivity contribution is -0.124. The molecule has 32 heavy (non-hydrogen) atoms. The van der Waals surface area contributed by atoms with E-state index in [1.54, 1.807) is 39.5 Å².